The van der Waals surface area contributed by atoms with Crippen molar-refractivity contribution in [2.24, 2.45) is 11.8 Å². The van der Waals surface area contributed by atoms with Gasteiger partial charge in [-0.3, -0.25) is 4.79 Å². The van der Waals surface area contributed by atoms with Crippen LogP contribution in [0.15, 0.2) is 0 Å². The highest BCUT2D eigenvalue weighted by Crippen LogP contribution is 2.23. The minimum absolute atomic E-state index is 0.372. The number of hydrogen-bond donors (Lipinski definition) is 1. The van der Waals surface area contributed by atoms with Gasteiger partial charge in [-0.25, -0.2) is 0 Å². The number of nitrogens with zero attached hydrogens (tertiary/aromatic N) is 1. The van der Waals surface area contributed by atoms with Gasteiger partial charge in [0, 0.05) is 19.5 Å². The van der Waals surface area contributed by atoms with Crippen molar-refractivity contribution in [3.05, 3.63) is 0 Å². The molecule has 0 spiro atoms. The molecular formula is C13H25NOS. The van der Waals surface area contributed by atoms with Crippen LogP contribution in [-0.4, -0.2) is 29.6 Å². The van der Waals surface area contributed by atoms with E-state index < -0.39 is 0 Å². The maximum absolute atomic E-state index is 11.7. The van der Waals surface area contributed by atoms with Gasteiger partial charge in [-0.1, -0.05) is 20.3 Å². The van der Waals surface area contributed by atoms with Gasteiger partial charge in [0.2, 0.25) is 5.91 Å². The quantitative estimate of drug-likeness (QED) is 0.682. The third-order valence-corrected chi connectivity index (χ3v) is 3.76. The molecule has 0 bridgehead atoms. The lowest BCUT2D eigenvalue weighted by atomic mass is 10.0. The van der Waals surface area contributed by atoms with E-state index in [-0.39, 0.29) is 0 Å². The van der Waals surface area contributed by atoms with E-state index in [1.54, 1.807) is 0 Å². The van der Waals surface area contributed by atoms with Crippen molar-refractivity contribution in [1.29, 1.82) is 0 Å². The molecule has 2 atom stereocenters. The van der Waals surface area contributed by atoms with E-state index in [0.29, 0.717) is 17.7 Å². The maximum Gasteiger partial charge on any atom is 0.222 e. The van der Waals surface area contributed by atoms with Gasteiger partial charge in [0.1, 0.15) is 0 Å². The number of carbonyl (C=O) groups excluding carboxylic acids is 1. The highest BCUT2D eigenvalue weighted by Gasteiger charge is 2.28. The summed E-state index contributed by atoms with van der Waals surface area (Å²) in [6.45, 7) is 6.40. The minimum atomic E-state index is 0.372. The topological polar surface area (TPSA) is 20.3 Å². The Balaban J connectivity index is 2.24. The average molecular weight is 243 g/mol. The van der Waals surface area contributed by atoms with E-state index in [1.807, 2.05) is 0 Å². The largest absolute Gasteiger partial charge is 0.342 e. The molecule has 1 aliphatic heterocycles. The Hall–Kier alpha value is -0.180. The first-order valence-electron chi connectivity index (χ1n) is 6.56. The zero-order valence-corrected chi connectivity index (χ0v) is 11.5. The van der Waals surface area contributed by atoms with Gasteiger partial charge in [-0.15, -0.1) is 0 Å². The van der Waals surface area contributed by atoms with Gasteiger partial charge in [0.25, 0.3) is 0 Å². The number of thiol groups is 1. The predicted molar refractivity (Wildman–Crippen MR) is 71.8 cm³/mol. The fourth-order valence-corrected chi connectivity index (χ4v) is 2.85. The average Bonchev–Trinajstić information content (AvgIpc) is 2.57. The van der Waals surface area contributed by atoms with Crippen molar-refractivity contribution in [3.8, 4) is 0 Å². The molecule has 2 unspecified atom stereocenters. The number of rotatable bonds is 7. The van der Waals surface area contributed by atoms with E-state index in [9.17, 15) is 4.79 Å². The van der Waals surface area contributed by atoms with Gasteiger partial charge in [0.15, 0.2) is 0 Å². The summed E-state index contributed by atoms with van der Waals surface area (Å²) in [4.78, 5) is 13.8. The first kappa shape index (κ1) is 13.9. The van der Waals surface area contributed by atoms with E-state index in [4.69, 9.17) is 0 Å². The van der Waals surface area contributed by atoms with Gasteiger partial charge in [0.05, 0.1) is 0 Å². The lowest BCUT2D eigenvalue weighted by molar-refractivity contribution is -0.127. The molecule has 0 N–H and O–H groups in total. The fraction of sp³-hybridized carbons (Fsp3) is 0.923. The van der Waals surface area contributed by atoms with Crippen LogP contribution in [0.25, 0.3) is 0 Å². The molecule has 1 amide bonds. The third-order valence-electron chi connectivity index (χ3n) is 3.51. The molecule has 1 saturated heterocycles. The summed E-state index contributed by atoms with van der Waals surface area (Å²) in [5.41, 5.74) is 0. The molecule has 0 aromatic rings. The van der Waals surface area contributed by atoms with E-state index in [0.717, 1.165) is 38.1 Å². The van der Waals surface area contributed by atoms with E-state index >= 15 is 0 Å². The Bertz CT molecular complexity index is 220. The Morgan fingerprint density at radius 2 is 2.25 bits per heavy atom. The monoisotopic (exact) mass is 243 g/mol. The molecule has 0 saturated carbocycles. The van der Waals surface area contributed by atoms with E-state index in [1.165, 1.54) is 12.8 Å². The Kier molecular flexibility index (Phi) is 6.25. The number of amides is 1. The van der Waals surface area contributed by atoms with Crippen LogP contribution in [0.3, 0.4) is 0 Å². The lowest BCUT2D eigenvalue weighted by Gasteiger charge is -2.19. The predicted octanol–water partition coefficient (Wildman–Crippen LogP) is 2.98. The molecule has 0 radical (unpaired) electrons. The number of likely N-dealkylation sites (tertiary alicyclic amines) is 1. The highest BCUT2D eigenvalue weighted by molar-refractivity contribution is 7.80. The molecule has 0 aromatic carbocycles. The Morgan fingerprint density at radius 1 is 1.50 bits per heavy atom. The number of hydrogen-bond acceptors (Lipinski definition) is 2. The molecule has 2 nitrogen and oxygen atoms in total. The van der Waals surface area contributed by atoms with Crippen molar-refractivity contribution in [2.45, 2.75) is 46.0 Å². The van der Waals surface area contributed by atoms with Crippen molar-refractivity contribution >= 4 is 18.5 Å². The summed E-state index contributed by atoms with van der Waals surface area (Å²) >= 11 is 4.24. The van der Waals surface area contributed by atoms with Crippen molar-refractivity contribution in [2.75, 3.05) is 18.8 Å². The third kappa shape index (κ3) is 4.36. The second-order valence-electron chi connectivity index (χ2n) is 5.10. The zero-order chi connectivity index (χ0) is 12.0. The van der Waals surface area contributed by atoms with E-state index in [2.05, 4.69) is 31.4 Å². The second-order valence-corrected chi connectivity index (χ2v) is 5.55. The van der Waals surface area contributed by atoms with Crippen LogP contribution in [0.4, 0.5) is 0 Å². The number of carbonyl (C=O) groups is 1. The lowest BCUT2D eigenvalue weighted by Crippen LogP contribution is -2.27. The summed E-state index contributed by atoms with van der Waals surface area (Å²) in [6, 6.07) is 0. The van der Waals surface area contributed by atoms with Crippen LogP contribution in [0.1, 0.15) is 46.0 Å². The molecular weight excluding hydrogens is 218 g/mol. The SMILES string of the molecule is CCCC1CC(=O)N(CCC(C)CCS)C1. The van der Waals surface area contributed by atoms with Gasteiger partial charge >= 0.3 is 0 Å². The highest BCUT2D eigenvalue weighted by atomic mass is 32.1. The maximum atomic E-state index is 11.7. The molecule has 0 aromatic heterocycles. The fourth-order valence-electron chi connectivity index (χ4n) is 2.41. The van der Waals surface area contributed by atoms with Crippen LogP contribution < -0.4 is 0 Å². The summed E-state index contributed by atoms with van der Waals surface area (Å²) in [5, 5.41) is 0. The van der Waals surface area contributed by atoms with Crippen LogP contribution in [0, 0.1) is 11.8 Å². The van der Waals surface area contributed by atoms with Crippen LogP contribution in [0.2, 0.25) is 0 Å². The smallest absolute Gasteiger partial charge is 0.222 e. The molecule has 1 rings (SSSR count). The van der Waals surface area contributed by atoms with Crippen molar-refractivity contribution < 1.29 is 4.79 Å². The zero-order valence-electron chi connectivity index (χ0n) is 10.6. The van der Waals surface area contributed by atoms with Crippen LogP contribution >= 0.6 is 12.6 Å². The Morgan fingerprint density at radius 3 is 2.88 bits per heavy atom. The molecule has 16 heavy (non-hydrogen) atoms. The molecule has 1 fully saturated rings. The van der Waals surface area contributed by atoms with Crippen LogP contribution in [0.5, 0.6) is 0 Å². The van der Waals surface area contributed by atoms with Gasteiger partial charge < -0.3 is 4.90 Å². The standard InChI is InChI=1S/C13H25NOS/c1-3-4-12-9-13(15)14(10-12)7-5-11(2)6-8-16/h11-12,16H,3-10H2,1-2H3. The van der Waals surface area contributed by atoms with Crippen molar-refractivity contribution in [1.82, 2.24) is 4.90 Å². The first-order chi connectivity index (χ1) is 7.67. The van der Waals surface area contributed by atoms with Gasteiger partial charge in [-0.2, -0.15) is 12.6 Å². The molecule has 1 heterocycles. The second kappa shape index (κ2) is 7.21. The summed E-state index contributed by atoms with van der Waals surface area (Å²) in [6.07, 6.45) is 5.47. The molecule has 1 aliphatic rings. The molecule has 0 aliphatic carbocycles. The summed E-state index contributed by atoms with van der Waals surface area (Å²) in [7, 11) is 0. The van der Waals surface area contributed by atoms with Crippen molar-refractivity contribution in [3.63, 3.8) is 0 Å². The molecule has 3 heteroatoms. The van der Waals surface area contributed by atoms with Crippen LogP contribution in [-0.2, 0) is 4.79 Å². The van der Waals surface area contributed by atoms with Gasteiger partial charge in [-0.05, 0) is 36.9 Å². The Labute approximate surface area is 105 Å². The summed E-state index contributed by atoms with van der Waals surface area (Å²) < 4.78 is 0. The normalized spacial score (nSPS) is 22.8. The summed E-state index contributed by atoms with van der Waals surface area (Å²) in [5.74, 6) is 2.64. The minimum Gasteiger partial charge on any atom is -0.342 e. The first-order valence-corrected chi connectivity index (χ1v) is 7.19. The molecule has 94 valence electrons.